The molecular weight excluding hydrogens is 363 g/mol. The predicted molar refractivity (Wildman–Crippen MR) is 109 cm³/mol. The van der Waals surface area contributed by atoms with Crippen molar-refractivity contribution in [2.45, 2.75) is 38.3 Å². The highest BCUT2D eigenvalue weighted by molar-refractivity contribution is 5.91. The van der Waals surface area contributed by atoms with E-state index in [1.54, 1.807) is 13.3 Å². The van der Waals surface area contributed by atoms with Crippen LogP contribution in [0.4, 0.5) is 14.9 Å². The van der Waals surface area contributed by atoms with Crippen molar-refractivity contribution in [3.63, 3.8) is 0 Å². The Bertz CT molecular complexity index is 759. The van der Waals surface area contributed by atoms with Crippen molar-refractivity contribution in [1.29, 1.82) is 0 Å². The van der Waals surface area contributed by atoms with Crippen LogP contribution in [0.25, 0.3) is 10.9 Å². The fraction of sp³-hybridized carbons (Fsp3) is 0.500. The van der Waals surface area contributed by atoms with Crippen molar-refractivity contribution in [3.8, 4) is 5.75 Å². The molecule has 2 amide bonds. The first-order chi connectivity index (χ1) is 13.6. The second-order valence-electron chi connectivity index (χ2n) is 6.70. The van der Waals surface area contributed by atoms with Crippen LogP contribution in [0.15, 0.2) is 30.5 Å². The number of amides is 2. The van der Waals surface area contributed by atoms with Gasteiger partial charge >= 0.3 is 6.03 Å². The molecule has 0 aliphatic rings. The molecule has 0 fully saturated rings. The number of alkyl halides is 1. The summed E-state index contributed by atoms with van der Waals surface area (Å²) >= 11 is 0. The molecule has 0 aliphatic heterocycles. The minimum atomic E-state index is -0.581. The number of hydrogen-bond donors (Lipinski definition) is 4. The van der Waals surface area contributed by atoms with Gasteiger partial charge in [-0.1, -0.05) is 6.07 Å². The quantitative estimate of drug-likeness (QED) is 0.441. The summed E-state index contributed by atoms with van der Waals surface area (Å²) in [5.41, 5.74) is 1.79. The number of halogens is 1. The molecule has 154 valence electrons. The number of aliphatic hydroxyl groups excluding tert-OH is 1. The highest BCUT2D eigenvalue weighted by Gasteiger charge is 2.11. The van der Waals surface area contributed by atoms with Crippen LogP contribution in [-0.4, -0.2) is 55.1 Å². The van der Waals surface area contributed by atoms with Gasteiger partial charge < -0.3 is 25.8 Å². The molecule has 2 unspecified atom stereocenters. The number of nitrogens with zero attached hydrogens (tertiary/aromatic N) is 1. The zero-order valence-electron chi connectivity index (χ0n) is 16.4. The van der Waals surface area contributed by atoms with E-state index in [1.807, 2.05) is 24.3 Å². The van der Waals surface area contributed by atoms with Gasteiger partial charge in [-0.15, -0.1) is 0 Å². The fourth-order valence-electron chi connectivity index (χ4n) is 2.92. The van der Waals surface area contributed by atoms with Crippen LogP contribution in [0.3, 0.4) is 0 Å². The summed E-state index contributed by atoms with van der Waals surface area (Å²) in [6, 6.07) is 6.97. The number of anilines is 1. The summed E-state index contributed by atoms with van der Waals surface area (Å²) in [7, 11) is 1.64. The van der Waals surface area contributed by atoms with Gasteiger partial charge in [0.2, 0.25) is 0 Å². The first-order valence-electron chi connectivity index (χ1n) is 9.47. The lowest BCUT2D eigenvalue weighted by Gasteiger charge is -2.18. The second kappa shape index (κ2) is 11.3. The number of carbonyl (C=O) groups excluding carboxylic acids is 1. The molecule has 1 aromatic heterocycles. The van der Waals surface area contributed by atoms with Crippen LogP contribution < -0.4 is 20.7 Å². The molecular formula is C20H29FN4O3. The van der Waals surface area contributed by atoms with Crippen molar-refractivity contribution in [2.24, 2.45) is 0 Å². The van der Waals surface area contributed by atoms with Gasteiger partial charge in [0.25, 0.3) is 0 Å². The van der Waals surface area contributed by atoms with E-state index in [4.69, 9.17) is 9.84 Å². The van der Waals surface area contributed by atoms with Crippen LogP contribution in [-0.2, 0) is 0 Å². The third-order valence-electron chi connectivity index (χ3n) is 4.43. The maximum atomic E-state index is 12.3. The van der Waals surface area contributed by atoms with E-state index < -0.39 is 18.7 Å². The summed E-state index contributed by atoms with van der Waals surface area (Å²) in [5.74, 6) is 0.764. The average molecular weight is 392 g/mol. The minimum Gasteiger partial charge on any atom is -0.497 e. The topological polar surface area (TPSA) is 95.5 Å². The lowest BCUT2D eigenvalue weighted by Crippen LogP contribution is -2.44. The first kappa shape index (κ1) is 21.7. The Morgan fingerprint density at radius 1 is 1.36 bits per heavy atom. The van der Waals surface area contributed by atoms with Crippen LogP contribution >= 0.6 is 0 Å². The van der Waals surface area contributed by atoms with E-state index in [0.29, 0.717) is 6.54 Å². The molecule has 8 heteroatoms. The summed E-state index contributed by atoms with van der Waals surface area (Å²) in [5, 5.41) is 18.8. The Balaban J connectivity index is 1.81. The van der Waals surface area contributed by atoms with Gasteiger partial charge in [0, 0.05) is 30.2 Å². The molecule has 2 atom stereocenters. The number of benzene rings is 1. The third kappa shape index (κ3) is 6.53. The van der Waals surface area contributed by atoms with Gasteiger partial charge in [0.1, 0.15) is 5.75 Å². The Morgan fingerprint density at radius 2 is 2.18 bits per heavy atom. The molecule has 0 saturated carbocycles. The number of nitrogens with one attached hydrogen (secondary N) is 3. The number of rotatable bonds is 11. The van der Waals surface area contributed by atoms with Gasteiger partial charge in [-0.05, 0) is 38.3 Å². The van der Waals surface area contributed by atoms with E-state index >= 15 is 0 Å². The number of aromatic nitrogens is 1. The van der Waals surface area contributed by atoms with Gasteiger partial charge in [-0.3, -0.25) is 9.37 Å². The smallest absolute Gasteiger partial charge is 0.315 e. The summed E-state index contributed by atoms with van der Waals surface area (Å²) in [4.78, 5) is 16.2. The summed E-state index contributed by atoms with van der Waals surface area (Å²) in [6.45, 7) is 1.70. The second-order valence-corrected chi connectivity index (χ2v) is 6.70. The number of methoxy groups -OCH3 is 1. The van der Waals surface area contributed by atoms with Crippen molar-refractivity contribution in [2.75, 3.05) is 32.3 Å². The van der Waals surface area contributed by atoms with Crippen molar-refractivity contribution < 1.29 is 19.0 Å². The van der Waals surface area contributed by atoms with Gasteiger partial charge in [0.15, 0.2) is 0 Å². The Hall–Kier alpha value is -2.61. The number of hydrogen-bond acceptors (Lipinski definition) is 5. The van der Waals surface area contributed by atoms with E-state index in [9.17, 15) is 9.18 Å². The Kier molecular flexibility index (Phi) is 8.74. The van der Waals surface area contributed by atoms with Gasteiger partial charge in [-0.2, -0.15) is 0 Å². The molecule has 2 aromatic rings. The maximum absolute atomic E-state index is 12.3. The lowest BCUT2D eigenvalue weighted by atomic mass is 10.1. The number of fused-ring (bicyclic) bond motifs is 1. The normalized spacial score (nSPS) is 13.0. The minimum absolute atomic E-state index is 0.105. The number of urea groups is 1. The molecule has 2 rings (SSSR count). The average Bonchev–Trinajstić information content (AvgIpc) is 2.70. The zero-order valence-corrected chi connectivity index (χ0v) is 16.4. The van der Waals surface area contributed by atoms with E-state index in [0.717, 1.165) is 35.2 Å². The Labute approximate surface area is 164 Å². The molecule has 1 aromatic carbocycles. The predicted octanol–water partition coefficient (Wildman–Crippen LogP) is 2.84. The van der Waals surface area contributed by atoms with Crippen molar-refractivity contribution >= 4 is 22.6 Å². The molecule has 0 spiro atoms. The monoisotopic (exact) mass is 392 g/mol. The highest BCUT2D eigenvalue weighted by Crippen LogP contribution is 2.28. The SMILES string of the molecule is COc1cc(NC(C)CCCNC(=O)NC(CO)CCF)c2ncccc2c1. The molecule has 1 heterocycles. The zero-order chi connectivity index (χ0) is 20.4. The van der Waals surface area contributed by atoms with Crippen LogP contribution in [0, 0.1) is 0 Å². The van der Waals surface area contributed by atoms with E-state index in [-0.39, 0.29) is 19.1 Å². The van der Waals surface area contributed by atoms with E-state index in [2.05, 4.69) is 27.9 Å². The van der Waals surface area contributed by atoms with Gasteiger partial charge in [-0.25, -0.2) is 4.79 Å². The first-order valence-corrected chi connectivity index (χ1v) is 9.47. The standard InChI is InChI=1S/C20H29FN4O3/c1-14(5-3-10-23-20(27)25-16(13-26)7-8-21)24-18-12-17(28-2)11-15-6-4-9-22-19(15)18/h4,6,9,11-12,14,16,24,26H,3,5,7-8,10,13H2,1-2H3,(H2,23,25,27). The fourth-order valence-corrected chi connectivity index (χ4v) is 2.92. The lowest BCUT2D eigenvalue weighted by molar-refractivity contribution is 0.208. The molecule has 28 heavy (non-hydrogen) atoms. The molecule has 7 nitrogen and oxygen atoms in total. The highest BCUT2D eigenvalue weighted by atomic mass is 19.1. The Morgan fingerprint density at radius 3 is 2.89 bits per heavy atom. The number of ether oxygens (including phenoxy) is 1. The maximum Gasteiger partial charge on any atom is 0.315 e. The number of carbonyl (C=O) groups is 1. The molecule has 0 aliphatic carbocycles. The number of pyridine rings is 1. The van der Waals surface area contributed by atoms with E-state index in [1.165, 1.54) is 0 Å². The molecule has 0 radical (unpaired) electrons. The van der Waals surface area contributed by atoms with Gasteiger partial charge in [0.05, 0.1) is 37.6 Å². The van der Waals surface area contributed by atoms with Crippen LogP contribution in [0.1, 0.15) is 26.2 Å². The van der Waals surface area contributed by atoms with Crippen LogP contribution in [0.5, 0.6) is 5.75 Å². The third-order valence-corrected chi connectivity index (χ3v) is 4.43. The largest absolute Gasteiger partial charge is 0.497 e. The van der Waals surface area contributed by atoms with Crippen molar-refractivity contribution in [1.82, 2.24) is 15.6 Å². The molecule has 0 saturated heterocycles. The van der Waals surface area contributed by atoms with Crippen molar-refractivity contribution in [3.05, 3.63) is 30.5 Å². The molecule has 0 bridgehead atoms. The number of aliphatic hydroxyl groups is 1. The molecule has 4 N–H and O–H groups in total. The van der Waals surface area contributed by atoms with Crippen LogP contribution in [0.2, 0.25) is 0 Å². The summed E-state index contributed by atoms with van der Waals surface area (Å²) < 4.78 is 17.7. The summed E-state index contributed by atoms with van der Waals surface area (Å²) in [6.07, 6.45) is 3.46.